The van der Waals surface area contributed by atoms with E-state index in [2.05, 4.69) is 5.32 Å². The Hall–Kier alpha value is -3.57. The predicted octanol–water partition coefficient (Wildman–Crippen LogP) is 5.54. The van der Waals surface area contributed by atoms with Crippen LogP contribution in [0.15, 0.2) is 78.9 Å². The summed E-state index contributed by atoms with van der Waals surface area (Å²) in [6.45, 7) is 3.30. The fraction of sp³-hybridized carbons (Fsp3) is 0.333. The first-order valence-corrected chi connectivity index (χ1v) is 15.4. The second-order valence-corrected chi connectivity index (χ2v) is 12.6. The van der Waals surface area contributed by atoms with Crippen molar-refractivity contribution < 1.29 is 31.2 Å². The van der Waals surface area contributed by atoms with Crippen molar-refractivity contribution in [3.63, 3.8) is 0 Å². The standard InChI is InChI=1S/C30H33ClF3N3O4S/c1-21(2)18-35-29(39)27(16-22-10-6-4-7-11-22)36(19-23-12-8-5-9-13-23)28(38)20-37(42(3,40)41)24-14-15-26(31)25(17-24)30(32,33)34/h4-15,17,21,27H,16,18-20H2,1-3H3,(H,35,39). The number of sulfonamides is 1. The average Bonchev–Trinajstić information content (AvgIpc) is 2.92. The molecule has 0 fully saturated rings. The van der Waals surface area contributed by atoms with Crippen molar-refractivity contribution in [2.45, 2.75) is 39.0 Å². The van der Waals surface area contributed by atoms with Crippen molar-refractivity contribution in [1.29, 1.82) is 0 Å². The molecular formula is C30H33ClF3N3O4S. The van der Waals surface area contributed by atoms with E-state index in [1.54, 1.807) is 42.5 Å². The molecule has 3 rings (SSSR count). The highest BCUT2D eigenvalue weighted by Crippen LogP contribution is 2.37. The Morgan fingerprint density at radius 3 is 2.02 bits per heavy atom. The maximum absolute atomic E-state index is 14.0. The number of benzene rings is 3. The predicted molar refractivity (Wildman–Crippen MR) is 157 cm³/mol. The Balaban J connectivity index is 2.07. The zero-order valence-electron chi connectivity index (χ0n) is 23.4. The highest BCUT2D eigenvalue weighted by molar-refractivity contribution is 7.92. The monoisotopic (exact) mass is 623 g/mol. The summed E-state index contributed by atoms with van der Waals surface area (Å²) in [5.41, 5.74) is -0.178. The highest BCUT2D eigenvalue weighted by atomic mass is 35.5. The highest BCUT2D eigenvalue weighted by Gasteiger charge is 2.36. The molecular weight excluding hydrogens is 591 g/mol. The molecule has 226 valence electrons. The Morgan fingerprint density at radius 1 is 0.929 bits per heavy atom. The molecule has 0 radical (unpaired) electrons. The van der Waals surface area contributed by atoms with Gasteiger partial charge in [-0.1, -0.05) is 86.1 Å². The topological polar surface area (TPSA) is 86.8 Å². The molecule has 1 N–H and O–H groups in total. The van der Waals surface area contributed by atoms with E-state index in [1.165, 1.54) is 4.90 Å². The average molecular weight is 624 g/mol. The van der Waals surface area contributed by atoms with Crippen LogP contribution in [-0.2, 0) is 38.8 Å². The molecule has 0 bridgehead atoms. The summed E-state index contributed by atoms with van der Waals surface area (Å²) < 4.78 is 67.0. The third-order valence-electron chi connectivity index (χ3n) is 6.37. The summed E-state index contributed by atoms with van der Waals surface area (Å²) in [6.07, 6.45) is -3.93. The minimum atomic E-state index is -4.85. The van der Waals surface area contributed by atoms with Gasteiger partial charge in [0.2, 0.25) is 21.8 Å². The van der Waals surface area contributed by atoms with Crippen LogP contribution in [0.3, 0.4) is 0 Å². The minimum Gasteiger partial charge on any atom is -0.354 e. The minimum absolute atomic E-state index is 0.0434. The van der Waals surface area contributed by atoms with Gasteiger partial charge in [-0.2, -0.15) is 13.2 Å². The molecule has 2 amide bonds. The molecule has 0 heterocycles. The van der Waals surface area contributed by atoms with Gasteiger partial charge in [0, 0.05) is 19.5 Å². The van der Waals surface area contributed by atoms with Crippen LogP contribution in [0.25, 0.3) is 0 Å². The van der Waals surface area contributed by atoms with E-state index in [9.17, 15) is 31.2 Å². The molecule has 0 saturated carbocycles. The Kier molecular flexibility index (Phi) is 11.0. The lowest BCUT2D eigenvalue weighted by Crippen LogP contribution is -2.53. The molecule has 1 unspecified atom stereocenters. The molecule has 1 atom stereocenters. The maximum atomic E-state index is 14.0. The first kappa shape index (κ1) is 32.9. The van der Waals surface area contributed by atoms with E-state index in [1.807, 2.05) is 32.0 Å². The molecule has 3 aromatic rings. The van der Waals surface area contributed by atoms with Crippen LogP contribution in [0, 0.1) is 5.92 Å². The molecule has 0 spiro atoms. The number of amides is 2. The largest absolute Gasteiger partial charge is 0.417 e. The lowest BCUT2D eigenvalue weighted by Gasteiger charge is -2.33. The summed E-state index contributed by atoms with van der Waals surface area (Å²) >= 11 is 5.74. The summed E-state index contributed by atoms with van der Waals surface area (Å²) in [7, 11) is -4.25. The van der Waals surface area contributed by atoms with Crippen molar-refractivity contribution in [3.8, 4) is 0 Å². The van der Waals surface area contributed by atoms with Crippen molar-refractivity contribution >= 4 is 39.1 Å². The van der Waals surface area contributed by atoms with Gasteiger partial charge in [-0.25, -0.2) is 8.42 Å². The Labute approximate surface area is 249 Å². The third-order valence-corrected chi connectivity index (χ3v) is 7.84. The van der Waals surface area contributed by atoms with E-state index in [0.717, 1.165) is 24.0 Å². The second kappa shape index (κ2) is 14.1. The Morgan fingerprint density at radius 2 is 1.50 bits per heavy atom. The number of rotatable bonds is 12. The molecule has 3 aromatic carbocycles. The molecule has 7 nitrogen and oxygen atoms in total. The normalized spacial score (nSPS) is 12.6. The van der Waals surface area contributed by atoms with Crippen molar-refractivity contribution in [2.24, 2.45) is 5.92 Å². The van der Waals surface area contributed by atoms with Gasteiger partial charge in [0.15, 0.2) is 0 Å². The first-order valence-electron chi connectivity index (χ1n) is 13.2. The smallest absolute Gasteiger partial charge is 0.354 e. The lowest BCUT2D eigenvalue weighted by atomic mass is 10.0. The van der Waals surface area contributed by atoms with Crippen LogP contribution >= 0.6 is 11.6 Å². The first-order chi connectivity index (χ1) is 19.7. The zero-order chi connectivity index (χ0) is 31.1. The number of nitrogens with zero attached hydrogens (tertiary/aromatic N) is 2. The number of hydrogen-bond acceptors (Lipinski definition) is 4. The number of carbonyl (C=O) groups is 2. The summed E-state index contributed by atoms with van der Waals surface area (Å²) in [5, 5.41) is 2.26. The van der Waals surface area contributed by atoms with E-state index in [0.29, 0.717) is 22.5 Å². The van der Waals surface area contributed by atoms with Crippen LogP contribution in [0.2, 0.25) is 5.02 Å². The van der Waals surface area contributed by atoms with Crippen molar-refractivity contribution in [1.82, 2.24) is 10.2 Å². The molecule has 0 aliphatic rings. The van der Waals surface area contributed by atoms with E-state index < -0.39 is 51.2 Å². The number of halogens is 4. The lowest BCUT2D eigenvalue weighted by molar-refractivity contribution is -0.140. The summed E-state index contributed by atoms with van der Waals surface area (Å²) in [5.74, 6) is -1.08. The zero-order valence-corrected chi connectivity index (χ0v) is 25.0. The van der Waals surface area contributed by atoms with Gasteiger partial charge in [-0.3, -0.25) is 13.9 Å². The van der Waals surface area contributed by atoms with Gasteiger partial charge >= 0.3 is 6.18 Å². The van der Waals surface area contributed by atoms with Crippen molar-refractivity contribution in [3.05, 3.63) is 101 Å². The number of anilines is 1. The third kappa shape index (κ3) is 9.22. The van der Waals surface area contributed by atoms with E-state index in [-0.39, 0.29) is 24.6 Å². The van der Waals surface area contributed by atoms with Crippen LogP contribution in [0.1, 0.15) is 30.5 Å². The number of alkyl halides is 3. The maximum Gasteiger partial charge on any atom is 0.417 e. The van der Waals surface area contributed by atoms with E-state index >= 15 is 0 Å². The molecule has 0 saturated heterocycles. The molecule has 0 aromatic heterocycles. The summed E-state index contributed by atoms with van der Waals surface area (Å²) in [4.78, 5) is 28.8. The van der Waals surface area contributed by atoms with Gasteiger partial charge in [0.25, 0.3) is 0 Å². The van der Waals surface area contributed by atoms with Gasteiger partial charge in [0.05, 0.1) is 22.5 Å². The van der Waals surface area contributed by atoms with Crippen LogP contribution in [-0.4, -0.2) is 50.5 Å². The number of carbonyl (C=O) groups excluding carboxylic acids is 2. The molecule has 42 heavy (non-hydrogen) atoms. The Bertz CT molecular complexity index is 1470. The van der Waals surface area contributed by atoms with Gasteiger partial charge in [0.1, 0.15) is 12.6 Å². The van der Waals surface area contributed by atoms with Crippen molar-refractivity contribution in [2.75, 3.05) is 23.7 Å². The van der Waals surface area contributed by atoms with Crippen LogP contribution < -0.4 is 9.62 Å². The van der Waals surface area contributed by atoms with Gasteiger partial charge in [-0.15, -0.1) is 0 Å². The van der Waals surface area contributed by atoms with Crippen LogP contribution in [0.5, 0.6) is 0 Å². The van der Waals surface area contributed by atoms with E-state index in [4.69, 9.17) is 11.6 Å². The fourth-order valence-electron chi connectivity index (χ4n) is 4.26. The van der Waals surface area contributed by atoms with Crippen LogP contribution in [0.4, 0.5) is 18.9 Å². The SMILES string of the molecule is CC(C)CNC(=O)C(Cc1ccccc1)N(Cc1ccccc1)C(=O)CN(c1ccc(Cl)c(C(F)(F)F)c1)S(C)(=O)=O. The fourth-order valence-corrected chi connectivity index (χ4v) is 5.32. The quantitative estimate of drug-likeness (QED) is 0.287. The number of hydrogen-bond donors (Lipinski definition) is 1. The molecule has 0 aliphatic carbocycles. The van der Waals surface area contributed by atoms with Gasteiger partial charge in [-0.05, 0) is 35.2 Å². The molecule has 12 heteroatoms. The van der Waals surface area contributed by atoms with Gasteiger partial charge < -0.3 is 10.2 Å². The molecule has 0 aliphatic heterocycles. The second-order valence-electron chi connectivity index (χ2n) is 10.3. The number of nitrogens with one attached hydrogen (secondary N) is 1. The summed E-state index contributed by atoms with van der Waals surface area (Å²) in [6, 6.07) is 19.4.